The number of rotatable bonds is 8. The van der Waals surface area contributed by atoms with Crippen molar-refractivity contribution in [2.45, 2.75) is 19.4 Å². The molecule has 6 nitrogen and oxygen atoms in total. The highest BCUT2D eigenvalue weighted by Crippen LogP contribution is 2.18. The van der Waals surface area contributed by atoms with Gasteiger partial charge in [0.25, 0.3) is 5.91 Å². The Morgan fingerprint density at radius 1 is 0.906 bits per heavy atom. The SMILES string of the molecule is O=C(Cn1c(CCCNC(=O)c2ccccc2Cl)nc2ccccc21)Nc1ccccc1. The Labute approximate surface area is 191 Å². The van der Waals surface area contributed by atoms with Crippen molar-refractivity contribution in [3.63, 3.8) is 0 Å². The number of aromatic nitrogens is 2. The van der Waals surface area contributed by atoms with E-state index in [0.29, 0.717) is 30.0 Å². The molecule has 0 aliphatic rings. The van der Waals surface area contributed by atoms with Crippen molar-refractivity contribution in [3.05, 3.63) is 95.3 Å². The molecule has 0 fully saturated rings. The van der Waals surface area contributed by atoms with E-state index >= 15 is 0 Å². The first-order chi connectivity index (χ1) is 15.6. The fourth-order valence-electron chi connectivity index (χ4n) is 3.55. The Hall–Kier alpha value is -3.64. The van der Waals surface area contributed by atoms with Gasteiger partial charge in [-0.15, -0.1) is 0 Å². The highest BCUT2D eigenvalue weighted by molar-refractivity contribution is 6.33. The molecule has 1 aromatic heterocycles. The number of nitrogens with zero attached hydrogens (tertiary/aromatic N) is 2. The minimum Gasteiger partial charge on any atom is -0.352 e. The molecule has 0 spiro atoms. The molecule has 0 atom stereocenters. The van der Waals surface area contributed by atoms with Crippen molar-refractivity contribution in [1.82, 2.24) is 14.9 Å². The molecule has 2 amide bonds. The van der Waals surface area contributed by atoms with Crippen LogP contribution in [0.4, 0.5) is 5.69 Å². The largest absolute Gasteiger partial charge is 0.352 e. The van der Waals surface area contributed by atoms with E-state index in [1.807, 2.05) is 59.2 Å². The van der Waals surface area contributed by atoms with Gasteiger partial charge >= 0.3 is 0 Å². The van der Waals surface area contributed by atoms with E-state index in [1.165, 1.54) is 0 Å². The van der Waals surface area contributed by atoms with E-state index in [0.717, 1.165) is 22.5 Å². The minimum absolute atomic E-state index is 0.118. The molecule has 3 aromatic carbocycles. The second kappa shape index (κ2) is 10.1. The van der Waals surface area contributed by atoms with Gasteiger partial charge in [-0.1, -0.05) is 54.1 Å². The highest BCUT2D eigenvalue weighted by Gasteiger charge is 2.14. The van der Waals surface area contributed by atoms with Gasteiger partial charge in [0.1, 0.15) is 12.4 Å². The zero-order valence-corrected chi connectivity index (χ0v) is 18.2. The number of fused-ring (bicyclic) bond motifs is 1. The van der Waals surface area contributed by atoms with Crippen molar-refractivity contribution in [1.29, 1.82) is 0 Å². The molecule has 0 aliphatic heterocycles. The van der Waals surface area contributed by atoms with E-state index in [9.17, 15) is 9.59 Å². The van der Waals surface area contributed by atoms with E-state index in [2.05, 4.69) is 10.6 Å². The lowest BCUT2D eigenvalue weighted by molar-refractivity contribution is -0.116. The molecular weight excluding hydrogens is 424 g/mol. The molecule has 0 saturated carbocycles. The molecule has 0 saturated heterocycles. The van der Waals surface area contributed by atoms with Crippen LogP contribution in [0.25, 0.3) is 11.0 Å². The normalized spacial score (nSPS) is 10.8. The lowest BCUT2D eigenvalue weighted by Crippen LogP contribution is -2.25. The monoisotopic (exact) mass is 446 g/mol. The Kier molecular flexibility index (Phi) is 6.82. The summed E-state index contributed by atoms with van der Waals surface area (Å²) in [6, 6.07) is 24.1. The lowest BCUT2D eigenvalue weighted by Gasteiger charge is -2.11. The van der Waals surface area contributed by atoms with Gasteiger partial charge in [0.05, 0.1) is 21.6 Å². The van der Waals surface area contributed by atoms with E-state index in [4.69, 9.17) is 16.6 Å². The summed E-state index contributed by atoms with van der Waals surface area (Å²) in [6.45, 7) is 0.639. The van der Waals surface area contributed by atoms with E-state index in [1.54, 1.807) is 24.3 Å². The Bertz CT molecular complexity index is 1240. The number of anilines is 1. The Balaban J connectivity index is 1.41. The number of hydrogen-bond acceptors (Lipinski definition) is 3. The van der Waals surface area contributed by atoms with Crippen LogP contribution in [0.2, 0.25) is 5.02 Å². The second-order valence-corrected chi connectivity index (χ2v) is 7.76. The quantitative estimate of drug-likeness (QED) is 0.385. The summed E-state index contributed by atoms with van der Waals surface area (Å²) in [4.78, 5) is 29.7. The number of halogens is 1. The number of imidazole rings is 1. The molecule has 0 aliphatic carbocycles. The van der Waals surface area contributed by atoms with Crippen molar-refractivity contribution in [2.24, 2.45) is 0 Å². The van der Waals surface area contributed by atoms with Gasteiger partial charge in [0.15, 0.2) is 0 Å². The third-order valence-electron chi connectivity index (χ3n) is 5.07. The molecule has 4 rings (SSSR count). The maximum Gasteiger partial charge on any atom is 0.252 e. The third-order valence-corrected chi connectivity index (χ3v) is 5.40. The number of aryl methyl sites for hydroxylation is 1. The van der Waals surface area contributed by atoms with Crippen molar-refractivity contribution >= 4 is 40.1 Å². The summed E-state index contributed by atoms with van der Waals surface area (Å²) in [5.41, 5.74) is 2.96. The predicted octanol–water partition coefficient (Wildman–Crippen LogP) is 4.69. The summed E-state index contributed by atoms with van der Waals surface area (Å²) in [6.07, 6.45) is 1.30. The van der Waals surface area contributed by atoms with Crippen LogP contribution in [-0.4, -0.2) is 27.9 Å². The molecule has 7 heteroatoms. The smallest absolute Gasteiger partial charge is 0.252 e. The molecular formula is C25H23ClN4O2. The number of carbonyl (C=O) groups excluding carboxylic acids is 2. The summed E-state index contributed by atoms with van der Waals surface area (Å²) >= 11 is 6.09. The average Bonchev–Trinajstić information content (AvgIpc) is 3.14. The second-order valence-electron chi connectivity index (χ2n) is 7.36. The van der Waals surface area contributed by atoms with Crippen LogP contribution in [0.3, 0.4) is 0 Å². The van der Waals surface area contributed by atoms with Gasteiger partial charge in [0.2, 0.25) is 5.91 Å². The van der Waals surface area contributed by atoms with Crippen molar-refractivity contribution in [2.75, 3.05) is 11.9 Å². The summed E-state index contributed by atoms with van der Waals surface area (Å²) in [5.74, 6) is 0.486. The van der Waals surface area contributed by atoms with Gasteiger partial charge < -0.3 is 15.2 Å². The van der Waals surface area contributed by atoms with Crippen LogP contribution in [0.1, 0.15) is 22.6 Å². The van der Waals surface area contributed by atoms with Crippen LogP contribution < -0.4 is 10.6 Å². The lowest BCUT2D eigenvalue weighted by atomic mass is 10.2. The summed E-state index contributed by atoms with van der Waals surface area (Å²) in [7, 11) is 0. The zero-order valence-electron chi connectivity index (χ0n) is 17.4. The standard InChI is InChI=1S/C25H23ClN4O2/c26-20-12-5-4-11-19(20)25(32)27-16-8-15-23-29-21-13-6-7-14-22(21)30(23)17-24(31)28-18-9-2-1-3-10-18/h1-7,9-14H,8,15-17H2,(H,27,32)(H,28,31). The van der Waals surface area contributed by atoms with Crippen LogP contribution in [0.5, 0.6) is 0 Å². The zero-order chi connectivity index (χ0) is 22.3. The number of nitrogens with one attached hydrogen (secondary N) is 2. The third kappa shape index (κ3) is 5.15. The molecule has 32 heavy (non-hydrogen) atoms. The topological polar surface area (TPSA) is 76.0 Å². The maximum absolute atomic E-state index is 12.7. The first kappa shape index (κ1) is 21.6. The molecule has 0 radical (unpaired) electrons. The van der Waals surface area contributed by atoms with Crippen LogP contribution in [-0.2, 0) is 17.8 Å². The number of carbonyl (C=O) groups is 2. The van der Waals surface area contributed by atoms with Gasteiger partial charge in [-0.2, -0.15) is 0 Å². The molecule has 4 aromatic rings. The highest BCUT2D eigenvalue weighted by atomic mass is 35.5. The van der Waals surface area contributed by atoms with Crippen LogP contribution in [0.15, 0.2) is 78.9 Å². The van der Waals surface area contributed by atoms with Gasteiger partial charge in [-0.05, 0) is 42.8 Å². The van der Waals surface area contributed by atoms with E-state index in [-0.39, 0.29) is 18.4 Å². The Morgan fingerprint density at radius 2 is 1.62 bits per heavy atom. The van der Waals surface area contributed by atoms with Gasteiger partial charge in [-0.25, -0.2) is 4.98 Å². The molecule has 1 heterocycles. The minimum atomic E-state index is -0.202. The Morgan fingerprint density at radius 3 is 2.44 bits per heavy atom. The fourth-order valence-corrected chi connectivity index (χ4v) is 3.77. The average molecular weight is 447 g/mol. The first-order valence-electron chi connectivity index (χ1n) is 10.4. The molecule has 2 N–H and O–H groups in total. The first-order valence-corrected chi connectivity index (χ1v) is 10.8. The molecule has 0 unspecified atom stereocenters. The number of hydrogen-bond donors (Lipinski definition) is 2. The molecule has 0 bridgehead atoms. The maximum atomic E-state index is 12.7. The summed E-state index contributed by atoms with van der Waals surface area (Å²) in [5, 5.41) is 6.24. The number of amides is 2. The number of benzene rings is 3. The van der Waals surface area contributed by atoms with Gasteiger partial charge in [0, 0.05) is 18.7 Å². The fraction of sp³-hybridized carbons (Fsp3) is 0.160. The number of para-hydroxylation sites is 3. The van der Waals surface area contributed by atoms with Crippen LogP contribution in [0, 0.1) is 0 Å². The van der Waals surface area contributed by atoms with Crippen molar-refractivity contribution in [3.8, 4) is 0 Å². The van der Waals surface area contributed by atoms with Gasteiger partial charge in [-0.3, -0.25) is 9.59 Å². The van der Waals surface area contributed by atoms with Crippen LogP contribution >= 0.6 is 11.6 Å². The molecule has 162 valence electrons. The van der Waals surface area contributed by atoms with E-state index < -0.39 is 0 Å². The predicted molar refractivity (Wildman–Crippen MR) is 127 cm³/mol. The van der Waals surface area contributed by atoms with Crippen molar-refractivity contribution < 1.29 is 9.59 Å². The summed E-state index contributed by atoms with van der Waals surface area (Å²) < 4.78 is 1.93.